The van der Waals surface area contributed by atoms with Crippen LogP contribution in [0.1, 0.15) is 11.7 Å². The van der Waals surface area contributed by atoms with E-state index in [0.29, 0.717) is 0 Å². The zero-order valence-corrected chi connectivity index (χ0v) is 8.80. The minimum Gasteiger partial charge on any atom is -0.480 e. The van der Waals surface area contributed by atoms with Crippen LogP contribution in [0.25, 0.3) is 0 Å². The van der Waals surface area contributed by atoms with Gasteiger partial charge >= 0.3 is 0 Å². The summed E-state index contributed by atoms with van der Waals surface area (Å²) in [6, 6.07) is 0. The Kier molecular flexibility index (Phi) is 3.59. The van der Waals surface area contributed by atoms with Crippen molar-refractivity contribution in [3.63, 3.8) is 0 Å². The molecule has 5 heteroatoms. The van der Waals surface area contributed by atoms with E-state index >= 15 is 0 Å². The number of rotatable bonds is 2. The zero-order valence-electron chi connectivity index (χ0n) is 7.29. The molecular weight excluding hydrogens is 225 g/mol. The summed E-state index contributed by atoms with van der Waals surface area (Å²) in [7, 11) is 1.41. The minimum absolute atomic E-state index is 0.130. The first-order valence-electron chi connectivity index (χ1n) is 3.64. The molecule has 0 aliphatic rings. The Morgan fingerprint density at radius 1 is 1.64 bits per heavy atom. The first-order valence-corrected chi connectivity index (χ1v) is 4.39. The van der Waals surface area contributed by atoms with Crippen molar-refractivity contribution in [1.82, 2.24) is 4.98 Å². The van der Waals surface area contributed by atoms with E-state index in [1.807, 2.05) is 0 Å². The number of aromatic nitrogens is 1. The molecule has 0 amide bonds. The molecule has 1 atom stereocenters. The smallest absolute Gasteiger partial charge is 0.232 e. The van der Waals surface area contributed by atoms with E-state index in [2.05, 4.69) is 10.9 Å². The Balaban J connectivity index is 3.34. The van der Waals surface area contributed by atoms with Gasteiger partial charge in [0.1, 0.15) is 11.1 Å². The van der Waals surface area contributed by atoms with Gasteiger partial charge in [-0.25, -0.2) is 4.98 Å². The van der Waals surface area contributed by atoms with Crippen LogP contribution in [0.15, 0.2) is 6.20 Å². The van der Waals surface area contributed by atoms with Crippen molar-refractivity contribution in [1.29, 1.82) is 0 Å². The van der Waals surface area contributed by atoms with Gasteiger partial charge in [0.2, 0.25) is 5.88 Å². The Morgan fingerprint density at radius 2 is 2.29 bits per heavy atom. The highest BCUT2D eigenvalue weighted by molar-refractivity contribution is 6.36. The second-order valence-corrected chi connectivity index (χ2v) is 3.20. The standard InChI is InChI=1S/C9H7Cl2NO2/c1-3-6(13)7-5(10)4-12-9(14-2)8(7)11/h1,4,6,13H,2H3. The number of ether oxygens (including phenoxy) is 1. The molecule has 1 N–H and O–H groups in total. The lowest BCUT2D eigenvalue weighted by atomic mass is 10.1. The van der Waals surface area contributed by atoms with Crippen molar-refractivity contribution in [2.75, 3.05) is 7.11 Å². The summed E-state index contributed by atoms with van der Waals surface area (Å²) >= 11 is 11.6. The first kappa shape index (κ1) is 11.1. The minimum atomic E-state index is -1.16. The van der Waals surface area contributed by atoms with E-state index in [-0.39, 0.29) is 21.5 Å². The van der Waals surface area contributed by atoms with Gasteiger partial charge in [-0.1, -0.05) is 29.1 Å². The summed E-state index contributed by atoms with van der Waals surface area (Å²) in [5.41, 5.74) is 0.239. The van der Waals surface area contributed by atoms with Gasteiger partial charge in [-0.15, -0.1) is 6.42 Å². The lowest BCUT2D eigenvalue weighted by molar-refractivity contribution is 0.238. The Morgan fingerprint density at radius 3 is 2.79 bits per heavy atom. The van der Waals surface area contributed by atoms with Crippen molar-refractivity contribution in [2.45, 2.75) is 6.10 Å². The third kappa shape index (κ3) is 1.93. The maximum Gasteiger partial charge on any atom is 0.232 e. The van der Waals surface area contributed by atoms with Gasteiger partial charge in [-0.3, -0.25) is 0 Å². The maximum absolute atomic E-state index is 9.42. The van der Waals surface area contributed by atoms with Crippen LogP contribution in [0, 0.1) is 12.3 Å². The first-order chi connectivity index (χ1) is 6.61. The largest absolute Gasteiger partial charge is 0.480 e. The fourth-order valence-electron chi connectivity index (χ4n) is 0.938. The van der Waals surface area contributed by atoms with Crippen LogP contribution in [-0.4, -0.2) is 17.2 Å². The molecule has 0 radical (unpaired) electrons. The molecule has 0 bridgehead atoms. The topological polar surface area (TPSA) is 42.4 Å². The summed E-state index contributed by atoms with van der Waals surface area (Å²) < 4.78 is 4.85. The Labute approximate surface area is 91.6 Å². The number of hydrogen-bond donors (Lipinski definition) is 1. The monoisotopic (exact) mass is 231 g/mol. The SMILES string of the molecule is C#CC(O)c1c(Cl)cnc(OC)c1Cl. The summed E-state index contributed by atoms with van der Waals surface area (Å²) in [5, 5.41) is 9.76. The molecule has 0 fully saturated rings. The maximum atomic E-state index is 9.42. The lowest BCUT2D eigenvalue weighted by Gasteiger charge is -2.10. The van der Waals surface area contributed by atoms with E-state index in [4.69, 9.17) is 34.4 Å². The molecule has 1 heterocycles. The molecule has 0 spiro atoms. The predicted molar refractivity (Wildman–Crippen MR) is 54.6 cm³/mol. The number of methoxy groups -OCH3 is 1. The third-order valence-corrected chi connectivity index (χ3v) is 2.27. The number of terminal acetylenes is 1. The summed E-state index contributed by atoms with van der Waals surface area (Å²) in [6.07, 6.45) is 5.22. The number of pyridine rings is 1. The van der Waals surface area contributed by atoms with Crippen LogP contribution in [0.4, 0.5) is 0 Å². The van der Waals surface area contributed by atoms with Gasteiger partial charge in [-0.2, -0.15) is 0 Å². The highest BCUT2D eigenvalue weighted by Crippen LogP contribution is 2.34. The predicted octanol–water partition coefficient (Wildman–Crippen LogP) is 2.06. The normalized spacial score (nSPS) is 11.9. The lowest BCUT2D eigenvalue weighted by Crippen LogP contribution is -1.99. The van der Waals surface area contributed by atoms with Gasteiger partial charge in [0.05, 0.1) is 18.3 Å². The molecule has 0 aliphatic heterocycles. The molecular formula is C9H7Cl2NO2. The van der Waals surface area contributed by atoms with Crippen LogP contribution in [0.5, 0.6) is 5.88 Å². The van der Waals surface area contributed by atoms with Gasteiger partial charge < -0.3 is 9.84 Å². The molecule has 14 heavy (non-hydrogen) atoms. The van der Waals surface area contributed by atoms with Gasteiger partial charge in [0, 0.05) is 5.56 Å². The molecule has 1 unspecified atom stereocenters. The number of halogens is 2. The fraction of sp³-hybridized carbons (Fsp3) is 0.222. The molecule has 0 aromatic carbocycles. The van der Waals surface area contributed by atoms with Gasteiger partial charge in [-0.05, 0) is 0 Å². The van der Waals surface area contributed by atoms with E-state index in [9.17, 15) is 5.11 Å². The molecule has 0 saturated carbocycles. The highest BCUT2D eigenvalue weighted by Gasteiger charge is 2.17. The van der Waals surface area contributed by atoms with E-state index in [1.54, 1.807) is 0 Å². The van der Waals surface area contributed by atoms with Crippen molar-refractivity contribution in [3.05, 3.63) is 21.8 Å². The van der Waals surface area contributed by atoms with Crippen molar-refractivity contribution in [2.24, 2.45) is 0 Å². The number of nitrogens with zero attached hydrogens (tertiary/aromatic N) is 1. The molecule has 0 aliphatic carbocycles. The highest BCUT2D eigenvalue weighted by atomic mass is 35.5. The van der Waals surface area contributed by atoms with Crippen molar-refractivity contribution >= 4 is 23.2 Å². The number of aliphatic hydroxyl groups is 1. The molecule has 3 nitrogen and oxygen atoms in total. The van der Waals surface area contributed by atoms with E-state index in [1.165, 1.54) is 13.3 Å². The van der Waals surface area contributed by atoms with Crippen molar-refractivity contribution in [3.8, 4) is 18.2 Å². The summed E-state index contributed by atoms with van der Waals surface area (Å²) in [5.74, 6) is 2.30. The number of aliphatic hydroxyl groups excluding tert-OH is 1. The van der Waals surface area contributed by atoms with Crippen molar-refractivity contribution < 1.29 is 9.84 Å². The molecule has 1 aromatic rings. The van der Waals surface area contributed by atoms with Gasteiger partial charge in [0.25, 0.3) is 0 Å². The third-order valence-electron chi connectivity index (χ3n) is 1.60. The van der Waals surface area contributed by atoms with Crippen LogP contribution in [0.2, 0.25) is 10.0 Å². The fourth-order valence-corrected chi connectivity index (χ4v) is 1.56. The summed E-state index contributed by atoms with van der Waals surface area (Å²) in [4.78, 5) is 3.81. The van der Waals surface area contributed by atoms with Crippen LogP contribution < -0.4 is 4.74 Å². The Hall–Kier alpha value is -0.950. The molecule has 74 valence electrons. The zero-order chi connectivity index (χ0) is 10.7. The average molecular weight is 232 g/mol. The average Bonchev–Trinajstić information content (AvgIpc) is 2.18. The second kappa shape index (κ2) is 4.52. The molecule has 1 rings (SSSR count). The van der Waals surface area contributed by atoms with Gasteiger partial charge in [0.15, 0.2) is 0 Å². The van der Waals surface area contributed by atoms with E-state index in [0.717, 1.165) is 0 Å². The van der Waals surface area contributed by atoms with E-state index < -0.39 is 6.10 Å². The number of hydrogen-bond acceptors (Lipinski definition) is 3. The van der Waals surface area contributed by atoms with Crippen LogP contribution in [-0.2, 0) is 0 Å². The molecule has 1 aromatic heterocycles. The Bertz CT molecular complexity index is 387. The van der Waals surface area contributed by atoms with Crippen LogP contribution >= 0.6 is 23.2 Å². The quantitative estimate of drug-likeness (QED) is 0.793. The summed E-state index contributed by atoms with van der Waals surface area (Å²) in [6.45, 7) is 0. The van der Waals surface area contributed by atoms with Crippen LogP contribution in [0.3, 0.4) is 0 Å². The second-order valence-electron chi connectivity index (χ2n) is 2.41. The molecule has 0 saturated heterocycles.